The summed E-state index contributed by atoms with van der Waals surface area (Å²) in [6.07, 6.45) is 1.65. The fourth-order valence-electron chi connectivity index (χ4n) is 1.36. The van der Waals surface area contributed by atoms with Gasteiger partial charge < -0.3 is 10.2 Å². The van der Waals surface area contributed by atoms with Crippen molar-refractivity contribution in [1.29, 1.82) is 0 Å². The Labute approximate surface area is 97.6 Å². The van der Waals surface area contributed by atoms with Crippen LogP contribution in [0.1, 0.15) is 11.3 Å². The summed E-state index contributed by atoms with van der Waals surface area (Å²) in [5.41, 5.74) is 7.21. The number of hydrogen-bond acceptors (Lipinski definition) is 3. The summed E-state index contributed by atoms with van der Waals surface area (Å²) in [7, 11) is 0. The summed E-state index contributed by atoms with van der Waals surface area (Å²) in [4.78, 5) is 0. The van der Waals surface area contributed by atoms with E-state index in [1.165, 1.54) is 12.1 Å². The van der Waals surface area contributed by atoms with Crippen molar-refractivity contribution in [3.63, 3.8) is 0 Å². The molecule has 0 atom stereocenters. The molecule has 1 aromatic heterocycles. The Balaban J connectivity index is 1.92. The lowest BCUT2D eigenvalue weighted by Gasteiger charge is -2.04. The molecule has 2 aromatic rings. The van der Waals surface area contributed by atoms with E-state index in [1.54, 1.807) is 24.1 Å². The van der Waals surface area contributed by atoms with Gasteiger partial charge in [0, 0.05) is 11.4 Å². The van der Waals surface area contributed by atoms with Crippen molar-refractivity contribution in [2.75, 3.05) is 5.73 Å². The van der Waals surface area contributed by atoms with E-state index in [-0.39, 0.29) is 5.82 Å². The highest BCUT2D eigenvalue weighted by Gasteiger charge is 2.02. The Hall–Kier alpha value is -1.42. The third-order valence-corrected chi connectivity index (χ3v) is 3.19. The van der Waals surface area contributed by atoms with Gasteiger partial charge in [-0.2, -0.15) is 0 Å². The molecular weight excluding hydrogens is 225 g/mol. The van der Waals surface area contributed by atoms with Gasteiger partial charge in [-0.1, -0.05) is 0 Å². The second-order valence-corrected chi connectivity index (χ2v) is 4.40. The largest absolute Gasteiger partial charge is 0.468 e. The Morgan fingerprint density at radius 2 is 2.12 bits per heavy atom. The summed E-state index contributed by atoms with van der Waals surface area (Å²) in [6, 6.07) is 8.22. The summed E-state index contributed by atoms with van der Waals surface area (Å²) in [6.45, 7) is 0. The summed E-state index contributed by atoms with van der Waals surface area (Å²) in [5.74, 6) is 2.12. The van der Waals surface area contributed by atoms with Crippen LogP contribution in [-0.4, -0.2) is 0 Å². The molecule has 0 saturated carbocycles. The SMILES string of the molecule is Nc1ccc(F)cc1CSCc1ccco1. The lowest BCUT2D eigenvalue weighted by molar-refractivity contribution is 0.530. The molecule has 0 aliphatic rings. The van der Waals surface area contributed by atoms with Crippen LogP contribution in [-0.2, 0) is 11.5 Å². The third-order valence-electron chi connectivity index (χ3n) is 2.19. The predicted molar refractivity (Wildman–Crippen MR) is 64.5 cm³/mol. The van der Waals surface area contributed by atoms with E-state index >= 15 is 0 Å². The van der Waals surface area contributed by atoms with Crippen LogP contribution >= 0.6 is 11.8 Å². The molecule has 0 fully saturated rings. The molecule has 16 heavy (non-hydrogen) atoms. The van der Waals surface area contributed by atoms with Crippen LogP contribution in [0.2, 0.25) is 0 Å². The molecule has 0 spiro atoms. The molecule has 2 nitrogen and oxygen atoms in total. The zero-order chi connectivity index (χ0) is 11.4. The van der Waals surface area contributed by atoms with Crippen LogP contribution in [0.25, 0.3) is 0 Å². The van der Waals surface area contributed by atoms with E-state index in [4.69, 9.17) is 10.2 Å². The zero-order valence-corrected chi connectivity index (χ0v) is 9.47. The van der Waals surface area contributed by atoms with Crippen molar-refractivity contribution in [2.45, 2.75) is 11.5 Å². The first kappa shape index (κ1) is 11.1. The number of thioether (sulfide) groups is 1. The highest BCUT2D eigenvalue weighted by molar-refractivity contribution is 7.97. The van der Waals surface area contributed by atoms with Gasteiger partial charge in [0.15, 0.2) is 0 Å². The van der Waals surface area contributed by atoms with Gasteiger partial charge in [0.25, 0.3) is 0 Å². The number of nitrogens with two attached hydrogens (primary N) is 1. The Morgan fingerprint density at radius 3 is 2.88 bits per heavy atom. The zero-order valence-electron chi connectivity index (χ0n) is 8.65. The fourth-order valence-corrected chi connectivity index (χ4v) is 2.29. The average molecular weight is 237 g/mol. The summed E-state index contributed by atoms with van der Waals surface area (Å²) >= 11 is 1.65. The van der Waals surface area contributed by atoms with Crippen LogP contribution in [0, 0.1) is 5.82 Å². The van der Waals surface area contributed by atoms with E-state index in [2.05, 4.69) is 0 Å². The topological polar surface area (TPSA) is 39.2 Å². The van der Waals surface area contributed by atoms with Crippen molar-refractivity contribution in [1.82, 2.24) is 0 Å². The van der Waals surface area contributed by atoms with Gasteiger partial charge >= 0.3 is 0 Å². The number of halogens is 1. The van der Waals surface area contributed by atoms with E-state index in [0.29, 0.717) is 11.4 Å². The second-order valence-electron chi connectivity index (χ2n) is 3.42. The average Bonchev–Trinajstić information content (AvgIpc) is 2.76. The summed E-state index contributed by atoms with van der Waals surface area (Å²) < 4.78 is 18.2. The molecule has 0 unspecified atom stereocenters. The molecule has 0 saturated heterocycles. The predicted octanol–water partition coefficient (Wildman–Crippen LogP) is 3.43. The molecule has 0 aliphatic heterocycles. The smallest absolute Gasteiger partial charge is 0.123 e. The quantitative estimate of drug-likeness (QED) is 0.828. The fraction of sp³-hybridized carbons (Fsp3) is 0.167. The van der Waals surface area contributed by atoms with E-state index < -0.39 is 0 Å². The van der Waals surface area contributed by atoms with Crippen LogP contribution in [0.15, 0.2) is 41.0 Å². The van der Waals surface area contributed by atoms with Crippen molar-refractivity contribution >= 4 is 17.4 Å². The highest BCUT2D eigenvalue weighted by atomic mass is 32.2. The first-order valence-electron chi connectivity index (χ1n) is 4.90. The number of benzene rings is 1. The molecule has 0 amide bonds. The summed E-state index contributed by atoms with van der Waals surface area (Å²) in [5, 5.41) is 0. The van der Waals surface area contributed by atoms with Gasteiger partial charge in [-0.05, 0) is 35.9 Å². The number of rotatable bonds is 4. The first-order chi connectivity index (χ1) is 7.75. The van der Waals surface area contributed by atoms with Gasteiger partial charge in [0.2, 0.25) is 0 Å². The maximum Gasteiger partial charge on any atom is 0.123 e. The maximum atomic E-state index is 13.0. The minimum Gasteiger partial charge on any atom is -0.468 e. The number of hydrogen-bond donors (Lipinski definition) is 1. The van der Waals surface area contributed by atoms with Crippen LogP contribution < -0.4 is 5.73 Å². The van der Waals surface area contributed by atoms with Crippen molar-refractivity contribution in [3.8, 4) is 0 Å². The molecule has 2 N–H and O–H groups in total. The van der Waals surface area contributed by atoms with Gasteiger partial charge in [0.1, 0.15) is 11.6 Å². The monoisotopic (exact) mass is 237 g/mol. The maximum absolute atomic E-state index is 13.0. The second kappa shape index (κ2) is 5.07. The van der Waals surface area contributed by atoms with Gasteiger partial charge in [0.05, 0.1) is 12.0 Å². The van der Waals surface area contributed by atoms with Gasteiger partial charge in [-0.3, -0.25) is 0 Å². The molecule has 0 radical (unpaired) electrons. The Kier molecular flexibility index (Phi) is 3.51. The van der Waals surface area contributed by atoms with Gasteiger partial charge in [-0.15, -0.1) is 11.8 Å². The molecule has 4 heteroatoms. The Bertz CT molecular complexity index is 456. The van der Waals surface area contributed by atoms with Crippen LogP contribution in [0.5, 0.6) is 0 Å². The standard InChI is InChI=1S/C12H12FNOS/c13-10-3-4-12(14)9(6-10)7-16-8-11-2-1-5-15-11/h1-6H,7-8,14H2. The first-order valence-corrected chi connectivity index (χ1v) is 6.05. The molecule has 0 bridgehead atoms. The van der Waals surface area contributed by atoms with Crippen molar-refractivity contribution in [2.24, 2.45) is 0 Å². The lowest BCUT2D eigenvalue weighted by atomic mass is 10.2. The van der Waals surface area contributed by atoms with Crippen LogP contribution in [0.3, 0.4) is 0 Å². The van der Waals surface area contributed by atoms with Crippen molar-refractivity contribution in [3.05, 3.63) is 53.7 Å². The molecule has 0 aliphatic carbocycles. The molecule has 1 heterocycles. The third kappa shape index (κ3) is 2.79. The van der Waals surface area contributed by atoms with Crippen molar-refractivity contribution < 1.29 is 8.81 Å². The van der Waals surface area contributed by atoms with E-state index in [1.807, 2.05) is 12.1 Å². The normalized spacial score (nSPS) is 10.6. The molecule has 1 aromatic carbocycles. The minimum absolute atomic E-state index is 0.247. The Morgan fingerprint density at radius 1 is 1.25 bits per heavy atom. The molecular formula is C12H12FNOS. The molecule has 84 valence electrons. The number of furan rings is 1. The highest BCUT2D eigenvalue weighted by Crippen LogP contribution is 2.22. The number of nitrogen functional groups attached to an aromatic ring is 1. The van der Waals surface area contributed by atoms with E-state index in [0.717, 1.165) is 17.1 Å². The van der Waals surface area contributed by atoms with Crippen LogP contribution in [0.4, 0.5) is 10.1 Å². The van der Waals surface area contributed by atoms with E-state index in [9.17, 15) is 4.39 Å². The minimum atomic E-state index is -0.247. The molecule has 2 rings (SSSR count). The lowest BCUT2D eigenvalue weighted by Crippen LogP contribution is -1.93. The number of anilines is 1. The van der Waals surface area contributed by atoms with Gasteiger partial charge in [-0.25, -0.2) is 4.39 Å².